The first-order valence-corrected chi connectivity index (χ1v) is 5.27. The van der Waals surface area contributed by atoms with Gasteiger partial charge in [-0.15, -0.1) is 0 Å². The van der Waals surface area contributed by atoms with Crippen molar-refractivity contribution in [3.63, 3.8) is 0 Å². The highest BCUT2D eigenvalue weighted by Crippen LogP contribution is 2.25. The molecule has 1 aromatic carbocycles. The molecule has 90 valence electrons. The molecule has 0 saturated carbocycles. The number of hydrogen-bond donors (Lipinski definition) is 2. The molecule has 0 saturated heterocycles. The van der Waals surface area contributed by atoms with E-state index in [9.17, 15) is 4.79 Å². The number of anilines is 1. The molecule has 0 spiro atoms. The molecule has 1 atom stereocenters. The molecule has 0 aliphatic carbocycles. The Labute approximate surface area is 100 Å². The predicted molar refractivity (Wildman–Crippen MR) is 64.6 cm³/mol. The Kier molecular flexibility index (Phi) is 4.49. The summed E-state index contributed by atoms with van der Waals surface area (Å²) in [5, 5.41) is 11.4. The third-order valence-electron chi connectivity index (χ3n) is 2.37. The lowest BCUT2D eigenvalue weighted by Gasteiger charge is -2.13. The SMILES string of the molecule is CC[C@H](N)C(=O)Nc1ccc(C#N)cc1OC. The van der Waals surface area contributed by atoms with Gasteiger partial charge in [0, 0.05) is 6.07 Å². The normalized spacial score (nSPS) is 11.4. The Morgan fingerprint density at radius 2 is 2.35 bits per heavy atom. The van der Waals surface area contributed by atoms with Crippen LogP contribution < -0.4 is 15.8 Å². The van der Waals surface area contributed by atoms with E-state index in [2.05, 4.69) is 5.32 Å². The number of methoxy groups -OCH3 is 1. The van der Waals surface area contributed by atoms with Gasteiger partial charge in [-0.2, -0.15) is 5.26 Å². The maximum atomic E-state index is 11.6. The van der Waals surface area contributed by atoms with Crippen molar-refractivity contribution in [1.82, 2.24) is 0 Å². The zero-order valence-electron chi connectivity index (χ0n) is 9.86. The van der Waals surface area contributed by atoms with Gasteiger partial charge in [-0.3, -0.25) is 4.79 Å². The van der Waals surface area contributed by atoms with E-state index in [1.54, 1.807) is 18.2 Å². The third kappa shape index (κ3) is 3.20. The molecular weight excluding hydrogens is 218 g/mol. The van der Waals surface area contributed by atoms with Crippen LogP contribution in [0.25, 0.3) is 0 Å². The number of carbonyl (C=O) groups excluding carboxylic acids is 1. The van der Waals surface area contributed by atoms with Crippen LogP contribution in [-0.4, -0.2) is 19.1 Å². The van der Waals surface area contributed by atoms with E-state index >= 15 is 0 Å². The van der Waals surface area contributed by atoms with Crippen LogP contribution in [0.1, 0.15) is 18.9 Å². The summed E-state index contributed by atoms with van der Waals surface area (Å²) in [5.41, 5.74) is 6.59. The summed E-state index contributed by atoms with van der Waals surface area (Å²) >= 11 is 0. The maximum Gasteiger partial charge on any atom is 0.241 e. The van der Waals surface area contributed by atoms with Crippen molar-refractivity contribution < 1.29 is 9.53 Å². The summed E-state index contributed by atoms with van der Waals surface area (Å²) in [6.07, 6.45) is 0.560. The van der Waals surface area contributed by atoms with Crippen molar-refractivity contribution in [2.45, 2.75) is 19.4 Å². The summed E-state index contributed by atoms with van der Waals surface area (Å²) < 4.78 is 5.10. The number of nitriles is 1. The summed E-state index contributed by atoms with van der Waals surface area (Å²) in [7, 11) is 1.48. The Hall–Kier alpha value is -2.06. The number of benzene rings is 1. The van der Waals surface area contributed by atoms with Crippen molar-refractivity contribution in [3.8, 4) is 11.8 Å². The van der Waals surface area contributed by atoms with Crippen LogP contribution in [0, 0.1) is 11.3 Å². The van der Waals surface area contributed by atoms with Gasteiger partial charge >= 0.3 is 0 Å². The van der Waals surface area contributed by atoms with E-state index in [0.29, 0.717) is 23.4 Å². The molecule has 5 heteroatoms. The van der Waals surface area contributed by atoms with Crippen LogP contribution in [0.2, 0.25) is 0 Å². The van der Waals surface area contributed by atoms with Gasteiger partial charge in [-0.05, 0) is 18.6 Å². The highest BCUT2D eigenvalue weighted by atomic mass is 16.5. The Bertz CT molecular complexity index is 452. The second-order valence-corrected chi connectivity index (χ2v) is 3.53. The number of nitrogens with one attached hydrogen (secondary N) is 1. The lowest BCUT2D eigenvalue weighted by molar-refractivity contribution is -0.117. The molecular formula is C12H15N3O2. The smallest absolute Gasteiger partial charge is 0.241 e. The molecule has 1 aromatic rings. The van der Waals surface area contributed by atoms with Crippen LogP contribution in [0.15, 0.2) is 18.2 Å². The molecule has 1 rings (SSSR count). The minimum Gasteiger partial charge on any atom is -0.495 e. The monoisotopic (exact) mass is 233 g/mol. The Morgan fingerprint density at radius 1 is 1.65 bits per heavy atom. The van der Waals surface area contributed by atoms with E-state index in [1.807, 2.05) is 13.0 Å². The quantitative estimate of drug-likeness (QED) is 0.819. The molecule has 0 aliphatic rings. The standard InChI is InChI=1S/C12H15N3O2/c1-3-9(14)12(16)15-10-5-4-8(7-13)6-11(10)17-2/h4-6,9H,3,14H2,1-2H3,(H,15,16)/t9-/m0/s1. The first-order valence-electron chi connectivity index (χ1n) is 5.27. The first kappa shape index (κ1) is 13.0. The van der Waals surface area contributed by atoms with Crippen LogP contribution in [0.3, 0.4) is 0 Å². The van der Waals surface area contributed by atoms with E-state index in [1.165, 1.54) is 7.11 Å². The number of nitrogens with two attached hydrogens (primary N) is 1. The van der Waals surface area contributed by atoms with Gasteiger partial charge in [0.05, 0.1) is 30.5 Å². The van der Waals surface area contributed by atoms with E-state index < -0.39 is 6.04 Å². The van der Waals surface area contributed by atoms with Crippen LogP contribution in [0.4, 0.5) is 5.69 Å². The molecule has 3 N–H and O–H groups in total. The fourth-order valence-corrected chi connectivity index (χ4v) is 1.27. The van der Waals surface area contributed by atoms with E-state index in [0.717, 1.165) is 0 Å². The van der Waals surface area contributed by atoms with Gasteiger partial charge in [0.2, 0.25) is 5.91 Å². The Morgan fingerprint density at radius 3 is 2.88 bits per heavy atom. The molecule has 0 aromatic heterocycles. The molecule has 5 nitrogen and oxygen atoms in total. The zero-order valence-corrected chi connectivity index (χ0v) is 9.86. The van der Waals surface area contributed by atoms with Crippen molar-refractivity contribution in [2.75, 3.05) is 12.4 Å². The van der Waals surface area contributed by atoms with Gasteiger partial charge in [0.15, 0.2) is 0 Å². The summed E-state index contributed by atoms with van der Waals surface area (Å²) in [4.78, 5) is 11.6. The molecule has 0 radical (unpaired) electrons. The van der Waals surface area contributed by atoms with Gasteiger partial charge in [0.25, 0.3) is 0 Å². The maximum absolute atomic E-state index is 11.6. The fraction of sp³-hybridized carbons (Fsp3) is 0.333. The van der Waals surface area contributed by atoms with Gasteiger partial charge in [0.1, 0.15) is 5.75 Å². The number of ether oxygens (including phenoxy) is 1. The summed E-state index contributed by atoms with van der Waals surface area (Å²) in [6.45, 7) is 1.83. The van der Waals surface area contributed by atoms with Crippen molar-refractivity contribution in [2.24, 2.45) is 5.73 Å². The van der Waals surface area contributed by atoms with Gasteiger partial charge in [-0.25, -0.2) is 0 Å². The minimum absolute atomic E-state index is 0.268. The zero-order chi connectivity index (χ0) is 12.8. The number of carbonyl (C=O) groups is 1. The number of hydrogen-bond acceptors (Lipinski definition) is 4. The van der Waals surface area contributed by atoms with Crippen LogP contribution in [-0.2, 0) is 4.79 Å². The second-order valence-electron chi connectivity index (χ2n) is 3.53. The summed E-state index contributed by atoms with van der Waals surface area (Å²) in [5.74, 6) is 0.177. The third-order valence-corrected chi connectivity index (χ3v) is 2.37. The van der Waals surface area contributed by atoms with Gasteiger partial charge in [-0.1, -0.05) is 6.92 Å². The Balaban J connectivity index is 2.92. The molecule has 0 aliphatic heterocycles. The van der Waals surface area contributed by atoms with Crippen LogP contribution in [0.5, 0.6) is 5.75 Å². The first-order chi connectivity index (χ1) is 8.12. The summed E-state index contributed by atoms with van der Waals surface area (Å²) in [6, 6.07) is 6.24. The minimum atomic E-state index is -0.546. The average Bonchev–Trinajstić information content (AvgIpc) is 2.37. The molecule has 17 heavy (non-hydrogen) atoms. The molecule has 0 bridgehead atoms. The highest BCUT2D eigenvalue weighted by molar-refractivity contribution is 5.95. The predicted octanol–water partition coefficient (Wildman–Crippen LogP) is 1.24. The average molecular weight is 233 g/mol. The number of nitrogens with zero attached hydrogens (tertiary/aromatic N) is 1. The second kappa shape index (κ2) is 5.87. The largest absolute Gasteiger partial charge is 0.495 e. The lowest BCUT2D eigenvalue weighted by atomic mass is 10.2. The van der Waals surface area contributed by atoms with E-state index in [-0.39, 0.29) is 5.91 Å². The number of rotatable bonds is 4. The highest BCUT2D eigenvalue weighted by Gasteiger charge is 2.13. The van der Waals surface area contributed by atoms with Crippen molar-refractivity contribution in [1.29, 1.82) is 5.26 Å². The van der Waals surface area contributed by atoms with Crippen LogP contribution >= 0.6 is 0 Å². The lowest BCUT2D eigenvalue weighted by Crippen LogP contribution is -2.34. The topological polar surface area (TPSA) is 88.1 Å². The van der Waals surface area contributed by atoms with Crippen molar-refractivity contribution >= 4 is 11.6 Å². The fourth-order valence-electron chi connectivity index (χ4n) is 1.27. The van der Waals surface area contributed by atoms with Gasteiger partial charge < -0.3 is 15.8 Å². The number of amides is 1. The molecule has 0 fully saturated rings. The molecule has 1 amide bonds. The molecule has 0 heterocycles. The van der Waals surface area contributed by atoms with E-state index in [4.69, 9.17) is 15.7 Å². The molecule has 0 unspecified atom stereocenters. The van der Waals surface area contributed by atoms with Crippen molar-refractivity contribution in [3.05, 3.63) is 23.8 Å².